The van der Waals surface area contributed by atoms with E-state index in [2.05, 4.69) is 6.92 Å². The van der Waals surface area contributed by atoms with Gasteiger partial charge in [-0.2, -0.15) is 0 Å². The second-order valence-electron chi connectivity index (χ2n) is 7.82. The van der Waals surface area contributed by atoms with Crippen LogP contribution in [0.25, 0.3) is 0 Å². The van der Waals surface area contributed by atoms with Crippen molar-refractivity contribution in [3.63, 3.8) is 0 Å². The third-order valence-corrected chi connectivity index (χ3v) is 7.09. The lowest BCUT2D eigenvalue weighted by molar-refractivity contribution is 0.0488. The van der Waals surface area contributed by atoms with Crippen molar-refractivity contribution in [3.05, 3.63) is 55.7 Å². The number of carbonyl (C=O) groups excluding carboxylic acids is 1. The molecular formula is C24H31Cl3O3S. The summed E-state index contributed by atoms with van der Waals surface area (Å²) in [6.07, 6.45) is 8.43. The van der Waals surface area contributed by atoms with Gasteiger partial charge in [-0.15, -0.1) is 22.9 Å². The Kier molecular flexibility index (Phi) is 12.3. The van der Waals surface area contributed by atoms with Crippen molar-refractivity contribution in [2.75, 3.05) is 13.2 Å². The Hall–Kier alpha value is -0.780. The molecule has 3 nitrogen and oxygen atoms in total. The van der Waals surface area contributed by atoms with Gasteiger partial charge < -0.3 is 9.84 Å². The summed E-state index contributed by atoms with van der Waals surface area (Å²) in [5, 5.41) is 10.4. The molecule has 172 valence electrons. The number of rotatable bonds is 9. The van der Waals surface area contributed by atoms with E-state index in [0.717, 1.165) is 41.6 Å². The number of thiophene rings is 1. The summed E-state index contributed by atoms with van der Waals surface area (Å²) in [5.74, 6) is 0.496. The van der Waals surface area contributed by atoms with Crippen molar-refractivity contribution in [1.82, 2.24) is 0 Å². The Labute approximate surface area is 204 Å². The fourth-order valence-corrected chi connectivity index (χ4v) is 5.52. The molecule has 0 spiro atoms. The van der Waals surface area contributed by atoms with Crippen molar-refractivity contribution in [1.29, 1.82) is 0 Å². The maximum absolute atomic E-state index is 11.4. The van der Waals surface area contributed by atoms with Crippen LogP contribution in [0.1, 0.15) is 65.6 Å². The Balaban J connectivity index is 0.000000221. The molecule has 0 amide bonds. The van der Waals surface area contributed by atoms with Crippen LogP contribution in [0.5, 0.6) is 0 Å². The molecule has 1 aliphatic carbocycles. The van der Waals surface area contributed by atoms with Crippen LogP contribution in [-0.4, -0.2) is 29.7 Å². The molecule has 1 aliphatic rings. The molecule has 1 aromatic heterocycles. The average molecular weight is 506 g/mol. The first-order chi connectivity index (χ1) is 14.9. The number of ether oxygens (including phenoxy) is 1. The zero-order valence-electron chi connectivity index (χ0n) is 17.9. The van der Waals surface area contributed by atoms with Gasteiger partial charge in [0, 0.05) is 33.3 Å². The van der Waals surface area contributed by atoms with Crippen molar-refractivity contribution in [2.45, 2.75) is 63.7 Å². The number of aliphatic hydroxyl groups is 1. The molecule has 2 aromatic rings. The summed E-state index contributed by atoms with van der Waals surface area (Å²) in [4.78, 5) is 13.3. The number of benzene rings is 1. The third kappa shape index (κ3) is 10.1. The fourth-order valence-electron chi connectivity index (χ4n) is 3.57. The highest BCUT2D eigenvalue weighted by atomic mass is 35.5. The van der Waals surface area contributed by atoms with Gasteiger partial charge in [0.25, 0.3) is 0 Å². The molecule has 7 heteroatoms. The highest BCUT2D eigenvalue weighted by Gasteiger charge is 2.22. The Morgan fingerprint density at radius 2 is 1.90 bits per heavy atom. The number of aryl methyl sites for hydroxylation is 2. The van der Waals surface area contributed by atoms with Gasteiger partial charge in [-0.3, -0.25) is 0 Å². The number of aliphatic hydroxyl groups excluding tert-OH is 1. The van der Waals surface area contributed by atoms with Gasteiger partial charge in [0.2, 0.25) is 0 Å². The van der Waals surface area contributed by atoms with Crippen LogP contribution >= 0.6 is 46.1 Å². The van der Waals surface area contributed by atoms with E-state index in [0.29, 0.717) is 16.7 Å². The van der Waals surface area contributed by atoms with E-state index in [4.69, 9.17) is 44.6 Å². The molecule has 0 bridgehead atoms. The molecule has 31 heavy (non-hydrogen) atoms. The molecule has 1 heterocycles. The van der Waals surface area contributed by atoms with Gasteiger partial charge >= 0.3 is 5.97 Å². The zero-order valence-corrected chi connectivity index (χ0v) is 21.0. The van der Waals surface area contributed by atoms with E-state index < -0.39 is 0 Å². The molecule has 2 unspecified atom stereocenters. The minimum Gasteiger partial charge on any atom is -0.461 e. The molecule has 2 atom stereocenters. The normalized spacial score (nSPS) is 17.8. The molecule has 1 aromatic carbocycles. The van der Waals surface area contributed by atoms with Gasteiger partial charge in [0.05, 0.1) is 6.61 Å². The predicted molar refractivity (Wildman–Crippen MR) is 132 cm³/mol. The zero-order chi connectivity index (χ0) is 22.6. The average Bonchev–Trinajstić information content (AvgIpc) is 3.36. The van der Waals surface area contributed by atoms with E-state index in [1.165, 1.54) is 41.0 Å². The Morgan fingerprint density at radius 3 is 2.52 bits per heavy atom. The molecule has 0 radical (unpaired) electrons. The van der Waals surface area contributed by atoms with Crippen molar-refractivity contribution in [3.8, 4) is 0 Å². The van der Waals surface area contributed by atoms with Gasteiger partial charge in [0.1, 0.15) is 4.88 Å². The van der Waals surface area contributed by atoms with Crippen molar-refractivity contribution < 1.29 is 14.6 Å². The second-order valence-corrected chi connectivity index (χ2v) is 10.5. The van der Waals surface area contributed by atoms with Crippen molar-refractivity contribution in [2.24, 2.45) is 5.92 Å². The van der Waals surface area contributed by atoms with E-state index in [1.807, 2.05) is 18.2 Å². The first-order valence-electron chi connectivity index (χ1n) is 10.9. The van der Waals surface area contributed by atoms with Crippen LogP contribution in [0.2, 0.25) is 10.0 Å². The molecule has 3 rings (SSSR count). The molecule has 0 saturated heterocycles. The van der Waals surface area contributed by atoms with Gasteiger partial charge in [-0.25, -0.2) is 4.79 Å². The smallest absolute Gasteiger partial charge is 0.348 e. The monoisotopic (exact) mass is 504 g/mol. The number of carbonyl (C=O) groups is 1. The number of alkyl halides is 1. The molecule has 0 aliphatic heterocycles. The Morgan fingerprint density at radius 1 is 1.16 bits per heavy atom. The van der Waals surface area contributed by atoms with E-state index in [-0.39, 0.29) is 19.2 Å². The molecule has 1 N–H and O–H groups in total. The van der Waals surface area contributed by atoms with E-state index in [9.17, 15) is 4.79 Å². The maximum Gasteiger partial charge on any atom is 0.348 e. The molecule has 1 fully saturated rings. The second kappa shape index (κ2) is 14.4. The molecular weight excluding hydrogens is 475 g/mol. The summed E-state index contributed by atoms with van der Waals surface area (Å²) in [6.45, 7) is 2.45. The number of hydrogen-bond donors (Lipinski definition) is 1. The highest BCUT2D eigenvalue weighted by molar-refractivity contribution is 7.13. The minimum atomic E-state index is -0.282. The first kappa shape index (κ1) is 26.5. The van der Waals surface area contributed by atoms with E-state index in [1.54, 1.807) is 12.1 Å². The Bertz CT molecular complexity index is 789. The minimum absolute atomic E-state index is 0.0544. The predicted octanol–water partition coefficient (Wildman–Crippen LogP) is 7.57. The summed E-state index contributed by atoms with van der Waals surface area (Å²) in [5.41, 5.74) is 1.23. The summed E-state index contributed by atoms with van der Waals surface area (Å²) < 4.78 is 4.97. The van der Waals surface area contributed by atoms with Crippen LogP contribution in [0.15, 0.2) is 30.3 Å². The fraction of sp³-hybridized carbons (Fsp3) is 0.542. The standard InChI is InChI=1S/C13H15Cl3.C11H16O3S/c14-11-4-3-9(5-11)1-2-10-6-12(15)8-13(16)7-10;1-2-4-9-5-6-10(15-9)11(13)14-8-3-7-12/h6-9,11H,1-5H2;5-6,12H,2-4,7-8H2,1H3. The molecule has 1 saturated carbocycles. The highest BCUT2D eigenvalue weighted by Crippen LogP contribution is 2.33. The summed E-state index contributed by atoms with van der Waals surface area (Å²) in [7, 11) is 0. The van der Waals surface area contributed by atoms with Gasteiger partial charge in [0.15, 0.2) is 0 Å². The topological polar surface area (TPSA) is 46.5 Å². The number of esters is 1. The van der Waals surface area contributed by atoms with Crippen molar-refractivity contribution >= 4 is 52.1 Å². The van der Waals surface area contributed by atoms with Gasteiger partial charge in [-0.05, 0) is 80.3 Å². The number of hydrogen-bond acceptors (Lipinski definition) is 4. The summed E-state index contributed by atoms with van der Waals surface area (Å²) >= 11 is 19.5. The van der Waals surface area contributed by atoms with Crippen LogP contribution in [0, 0.1) is 5.92 Å². The largest absolute Gasteiger partial charge is 0.461 e. The lowest BCUT2D eigenvalue weighted by Gasteiger charge is -2.09. The third-order valence-electron chi connectivity index (χ3n) is 5.14. The van der Waals surface area contributed by atoms with Crippen LogP contribution < -0.4 is 0 Å². The van der Waals surface area contributed by atoms with Crippen LogP contribution in [0.3, 0.4) is 0 Å². The lowest BCUT2D eigenvalue weighted by atomic mass is 9.98. The quantitative estimate of drug-likeness (QED) is 0.217. The van der Waals surface area contributed by atoms with Gasteiger partial charge in [-0.1, -0.05) is 36.5 Å². The number of halogens is 3. The SMILES string of the molecule is CCCc1ccc(C(=O)OCCCO)s1.Clc1cc(Cl)cc(CCC2CCC(Cl)C2)c1. The lowest BCUT2D eigenvalue weighted by Crippen LogP contribution is -2.05. The van der Waals surface area contributed by atoms with E-state index >= 15 is 0 Å². The maximum atomic E-state index is 11.4. The van der Waals surface area contributed by atoms with Crippen LogP contribution in [0.4, 0.5) is 0 Å². The summed E-state index contributed by atoms with van der Waals surface area (Å²) in [6, 6.07) is 9.55. The first-order valence-corrected chi connectivity index (χ1v) is 12.9. The van der Waals surface area contributed by atoms with Crippen LogP contribution in [-0.2, 0) is 17.6 Å².